The van der Waals surface area contributed by atoms with Crippen LogP contribution in [0.3, 0.4) is 0 Å². The Labute approximate surface area is 173 Å². The van der Waals surface area contributed by atoms with Gasteiger partial charge in [-0.05, 0) is 42.0 Å². The van der Waals surface area contributed by atoms with Crippen LogP contribution in [0.15, 0.2) is 84.0 Å². The highest BCUT2D eigenvalue weighted by atomic mass is 35.5. The fourth-order valence-corrected chi connectivity index (χ4v) is 3.86. The summed E-state index contributed by atoms with van der Waals surface area (Å²) in [7, 11) is 1.66. The predicted octanol–water partition coefficient (Wildman–Crippen LogP) is 5.89. The molecule has 0 aliphatic heterocycles. The Bertz CT molecular complexity index is 1050. The zero-order valence-corrected chi connectivity index (χ0v) is 16.8. The molecular weight excluding hydrogens is 390 g/mol. The molecule has 4 aromatic rings. The molecule has 0 aliphatic rings. The summed E-state index contributed by atoms with van der Waals surface area (Å²) in [6.07, 6.45) is 0. The molecule has 0 amide bonds. The van der Waals surface area contributed by atoms with Crippen LogP contribution < -0.4 is 4.74 Å². The number of nitrogens with zero attached hydrogens (tertiary/aromatic N) is 3. The van der Waals surface area contributed by atoms with Crippen molar-refractivity contribution in [2.45, 2.75) is 10.9 Å². The van der Waals surface area contributed by atoms with Gasteiger partial charge in [-0.15, -0.1) is 10.2 Å². The number of hydrogen-bond acceptors (Lipinski definition) is 4. The van der Waals surface area contributed by atoms with Crippen molar-refractivity contribution < 1.29 is 4.74 Å². The third kappa shape index (κ3) is 4.06. The number of methoxy groups -OCH3 is 1. The standard InChI is InChI=1S/C22H18ClN3OS/c1-27-20-13-11-19(12-14-20)26-21(17-5-3-2-4-6-17)24-25-22(26)28-15-16-7-9-18(23)10-8-16/h2-14H,15H2,1H3. The van der Waals surface area contributed by atoms with Gasteiger partial charge in [-0.25, -0.2) is 0 Å². The van der Waals surface area contributed by atoms with Crippen LogP contribution in [0.5, 0.6) is 5.75 Å². The van der Waals surface area contributed by atoms with Gasteiger partial charge in [-0.1, -0.05) is 65.8 Å². The van der Waals surface area contributed by atoms with E-state index in [1.807, 2.05) is 78.9 Å². The molecular formula is C22H18ClN3OS. The number of benzene rings is 3. The second kappa shape index (κ2) is 8.50. The minimum absolute atomic E-state index is 0.738. The Morgan fingerprint density at radius 2 is 1.61 bits per heavy atom. The molecule has 3 aromatic carbocycles. The summed E-state index contributed by atoms with van der Waals surface area (Å²) in [4.78, 5) is 0. The molecule has 0 saturated carbocycles. The van der Waals surface area contributed by atoms with E-state index in [0.717, 1.165) is 38.8 Å². The molecule has 1 heterocycles. The highest BCUT2D eigenvalue weighted by molar-refractivity contribution is 7.98. The molecule has 0 atom stereocenters. The van der Waals surface area contributed by atoms with Crippen LogP contribution in [0, 0.1) is 0 Å². The van der Waals surface area contributed by atoms with Crippen LogP contribution in [-0.4, -0.2) is 21.9 Å². The summed E-state index contributed by atoms with van der Waals surface area (Å²) in [6.45, 7) is 0. The Morgan fingerprint density at radius 3 is 2.29 bits per heavy atom. The van der Waals surface area contributed by atoms with E-state index in [9.17, 15) is 0 Å². The minimum Gasteiger partial charge on any atom is -0.497 e. The van der Waals surface area contributed by atoms with Gasteiger partial charge in [0.2, 0.25) is 0 Å². The predicted molar refractivity (Wildman–Crippen MR) is 114 cm³/mol. The topological polar surface area (TPSA) is 39.9 Å². The molecule has 0 radical (unpaired) electrons. The Kier molecular flexibility index (Phi) is 5.65. The molecule has 0 fully saturated rings. The number of thioether (sulfide) groups is 1. The van der Waals surface area contributed by atoms with Crippen molar-refractivity contribution in [3.63, 3.8) is 0 Å². The van der Waals surface area contributed by atoms with Gasteiger partial charge >= 0.3 is 0 Å². The first-order chi connectivity index (χ1) is 13.7. The lowest BCUT2D eigenvalue weighted by Gasteiger charge is -2.11. The molecule has 140 valence electrons. The molecule has 0 aliphatic carbocycles. The van der Waals surface area contributed by atoms with E-state index in [1.165, 1.54) is 5.56 Å². The average Bonchev–Trinajstić information content (AvgIpc) is 3.18. The van der Waals surface area contributed by atoms with Gasteiger partial charge in [0.25, 0.3) is 0 Å². The molecule has 4 rings (SSSR count). The van der Waals surface area contributed by atoms with E-state index >= 15 is 0 Å². The SMILES string of the molecule is COc1ccc(-n2c(SCc3ccc(Cl)cc3)nnc2-c2ccccc2)cc1. The first-order valence-electron chi connectivity index (χ1n) is 8.77. The maximum atomic E-state index is 5.99. The molecule has 0 N–H and O–H groups in total. The lowest BCUT2D eigenvalue weighted by Crippen LogP contribution is -2.00. The van der Waals surface area contributed by atoms with Gasteiger partial charge in [-0.2, -0.15) is 0 Å². The van der Waals surface area contributed by atoms with Crippen LogP contribution in [0.25, 0.3) is 17.1 Å². The van der Waals surface area contributed by atoms with Crippen molar-refractivity contribution in [3.8, 4) is 22.8 Å². The van der Waals surface area contributed by atoms with Crippen LogP contribution >= 0.6 is 23.4 Å². The maximum Gasteiger partial charge on any atom is 0.196 e. The minimum atomic E-state index is 0.738. The Balaban J connectivity index is 1.71. The lowest BCUT2D eigenvalue weighted by molar-refractivity contribution is 0.414. The van der Waals surface area contributed by atoms with Crippen LogP contribution in [-0.2, 0) is 5.75 Å². The lowest BCUT2D eigenvalue weighted by atomic mass is 10.2. The fraction of sp³-hybridized carbons (Fsp3) is 0.0909. The van der Waals surface area contributed by atoms with Crippen molar-refractivity contribution in [3.05, 3.63) is 89.4 Å². The largest absolute Gasteiger partial charge is 0.497 e. The third-order valence-corrected chi connectivity index (χ3v) is 5.53. The quantitative estimate of drug-likeness (QED) is 0.374. The second-order valence-corrected chi connectivity index (χ2v) is 7.50. The van der Waals surface area contributed by atoms with Crippen molar-refractivity contribution in [2.75, 3.05) is 7.11 Å². The summed E-state index contributed by atoms with van der Waals surface area (Å²) >= 11 is 7.63. The highest BCUT2D eigenvalue weighted by Crippen LogP contribution is 2.30. The molecule has 28 heavy (non-hydrogen) atoms. The summed E-state index contributed by atoms with van der Waals surface area (Å²) < 4.78 is 7.37. The van der Waals surface area contributed by atoms with Crippen LogP contribution in [0.2, 0.25) is 5.02 Å². The first-order valence-corrected chi connectivity index (χ1v) is 10.1. The van der Waals surface area contributed by atoms with E-state index in [-0.39, 0.29) is 0 Å². The van der Waals surface area contributed by atoms with Crippen molar-refractivity contribution in [2.24, 2.45) is 0 Å². The summed E-state index contributed by atoms with van der Waals surface area (Å²) in [5.74, 6) is 2.40. The molecule has 1 aromatic heterocycles. The van der Waals surface area contributed by atoms with Crippen molar-refractivity contribution in [1.29, 1.82) is 0 Å². The summed E-state index contributed by atoms with van der Waals surface area (Å²) in [6, 6.07) is 25.9. The van der Waals surface area contributed by atoms with Gasteiger partial charge in [0.05, 0.1) is 7.11 Å². The van der Waals surface area contributed by atoms with E-state index in [2.05, 4.69) is 14.8 Å². The van der Waals surface area contributed by atoms with E-state index in [0.29, 0.717) is 0 Å². The molecule has 0 unspecified atom stereocenters. The highest BCUT2D eigenvalue weighted by Gasteiger charge is 2.16. The normalized spacial score (nSPS) is 10.8. The number of ether oxygens (including phenoxy) is 1. The molecule has 0 bridgehead atoms. The molecule has 0 spiro atoms. The van der Waals surface area contributed by atoms with Crippen molar-refractivity contribution >= 4 is 23.4 Å². The molecule has 0 saturated heterocycles. The maximum absolute atomic E-state index is 5.99. The monoisotopic (exact) mass is 407 g/mol. The summed E-state index contributed by atoms with van der Waals surface area (Å²) in [5, 5.41) is 10.5. The van der Waals surface area contributed by atoms with Gasteiger partial charge in [0.1, 0.15) is 5.75 Å². The van der Waals surface area contributed by atoms with Crippen LogP contribution in [0.4, 0.5) is 0 Å². The van der Waals surface area contributed by atoms with E-state index in [4.69, 9.17) is 16.3 Å². The summed E-state index contributed by atoms with van der Waals surface area (Å²) in [5.41, 5.74) is 3.19. The van der Waals surface area contributed by atoms with Gasteiger partial charge in [0.15, 0.2) is 11.0 Å². The number of rotatable bonds is 6. The van der Waals surface area contributed by atoms with Crippen molar-refractivity contribution in [1.82, 2.24) is 14.8 Å². The average molecular weight is 408 g/mol. The van der Waals surface area contributed by atoms with Crippen LogP contribution in [0.1, 0.15) is 5.56 Å². The Morgan fingerprint density at radius 1 is 0.893 bits per heavy atom. The fourth-order valence-electron chi connectivity index (χ4n) is 2.83. The third-order valence-electron chi connectivity index (χ3n) is 4.28. The first kappa shape index (κ1) is 18.6. The zero-order chi connectivity index (χ0) is 19.3. The van der Waals surface area contributed by atoms with E-state index < -0.39 is 0 Å². The molecule has 4 nitrogen and oxygen atoms in total. The zero-order valence-electron chi connectivity index (χ0n) is 15.2. The number of hydrogen-bond donors (Lipinski definition) is 0. The Hall–Kier alpha value is -2.76. The second-order valence-electron chi connectivity index (χ2n) is 6.12. The van der Waals surface area contributed by atoms with E-state index in [1.54, 1.807) is 18.9 Å². The van der Waals surface area contributed by atoms with Gasteiger partial charge < -0.3 is 4.74 Å². The number of halogens is 1. The van der Waals surface area contributed by atoms with Gasteiger partial charge in [0, 0.05) is 22.0 Å². The smallest absolute Gasteiger partial charge is 0.196 e. The number of aromatic nitrogens is 3. The van der Waals surface area contributed by atoms with Gasteiger partial charge in [-0.3, -0.25) is 4.57 Å². The molecule has 6 heteroatoms.